The van der Waals surface area contributed by atoms with Crippen molar-refractivity contribution >= 4 is 31.9 Å². The van der Waals surface area contributed by atoms with Crippen LogP contribution in [0.1, 0.15) is 4.88 Å². The van der Waals surface area contributed by atoms with Gasteiger partial charge in [0.15, 0.2) is 9.84 Å². The Hall–Kier alpha value is -1.30. The first-order valence-electron chi connectivity index (χ1n) is 5.05. The van der Waals surface area contributed by atoms with E-state index >= 15 is 0 Å². The number of nitriles is 1. The predicted molar refractivity (Wildman–Crippen MR) is 71.7 cm³/mol. The number of nitrogen functional groups attached to an aromatic ring is 1. The molecule has 0 aromatic carbocycles. The van der Waals surface area contributed by atoms with Crippen LogP contribution in [0.5, 0.6) is 0 Å². The number of thiophene rings is 1. The highest BCUT2D eigenvalue weighted by atomic mass is 32.2. The standard InChI is InChI=1S/C10H15N3O3S2/c1-13(4-5-16-2)10-9(18(3,14)15)8(12)7(6-11)17-10/h4-5,12H2,1-3H3. The molecule has 1 rings (SSSR count). The minimum Gasteiger partial charge on any atom is -0.396 e. The van der Waals surface area contributed by atoms with Crippen LogP contribution in [0.4, 0.5) is 10.7 Å². The maximum Gasteiger partial charge on any atom is 0.180 e. The third-order valence-electron chi connectivity index (χ3n) is 2.33. The highest BCUT2D eigenvalue weighted by molar-refractivity contribution is 7.91. The fourth-order valence-electron chi connectivity index (χ4n) is 1.44. The van der Waals surface area contributed by atoms with Crippen LogP contribution in [0.3, 0.4) is 0 Å². The van der Waals surface area contributed by atoms with Gasteiger partial charge < -0.3 is 15.4 Å². The first-order valence-corrected chi connectivity index (χ1v) is 7.76. The van der Waals surface area contributed by atoms with Gasteiger partial charge in [-0.2, -0.15) is 5.26 Å². The number of ether oxygens (including phenoxy) is 1. The summed E-state index contributed by atoms with van der Waals surface area (Å²) in [6, 6.07) is 1.91. The molecule has 2 N–H and O–H groups in total. The van der Waals surface area contributed by atoms with Gasteiger partial charge in [-0.25, -0.2) is 8.42 Å². The number of anilines is 2. The highest BCUT2D eigenvalue weighted by Crippen LogP contribution is 2.40. The van der Waals surface area contributed by atoms with E-state index in [4.69, 9.17) is 15.7 Å². The summed E-state index contributed by atoms with van der Waals surface area (Å²) in [6.07, 6.45) is 1.08. The van der Waals surface area contributed by atoms with E-state index < -0.39 is 9.84 Å². The van der Waals surface area contributed by atoms with Gasteiger partial charge in [0.2, 0.25) is 0 Å². The summed E-state index contributed by atoms with van der Waals surface area (Å²) in [5.74, 6) is 0. The van der Waals surface area contributed by atoms with E-state index in [9.17, 15) is 8.42 Å². The molecule has 18 heavy (non-hydrogen) atoms. The largest absolute Gasteiger partial charge is 0.396 e. The molecule has 0 aliphatic carbocycles. The van der Waals surface area contributed by atoms with Crippen LogP contribution < -0.4 is 10.6 Å². The van der Waals surface area contributed by atoms with Crippen molar-refractivity contribution in [3.05, 3.63) is 4.88 Å². The number of hydrogen-bond acceptors (Lipinski definition) is 7. The van der Waals surface area contributed by atoms with Gasteiger partial charge in [0.1, 0.15) is 20.8 Å². The van der Waals surface area contributed by atoms with E-state index in [0.717, 1.165) is 17.6 Å². The third-order valence-corrected chi connectivity index (χ3v) is 4.84. The summed E-state index contributed by atoms with van der Waals surface area (Å²) >= 11 is 1.08. The number of rotatable bonds is 5. The molecule has 0 fully saturated rings. The van der Waals surface area contributed by atoms with Crippen molar-refractivity contribution in [3.8, 4) is 6.07 Å². The smallest absolute Gasteiger partial charge is 0.180 e. The molecular formula is C10H15N3O3S2. The quantitative estimate of drug-likeness (QED) is 0.856. The van der Waals surface area contributed by atoms with E-state index in [1.165, 1.54) is 0 Å². The zero-order valence-electron chi connectivity index (χ0n) is 10.4. The molecule has 1 heterocycles. The van der Waals surface area contributed by atoms with Crippen molar-refractivity contribution < 1.29 is 13.2 Å². The van der Waals surface area contributed by atoms with Crippen molar-refractivity contribution in [2.24, 2.45) is 0 Å². The molecule has 0 bridgehead atoms. The molecule has 0 atom stereocenters. The van der Waals surface area contributed by atoms with Gasteiger partial charge in [0, 0.05) is 27.0 Å². The van der Waals surface area contributed by atoms with Gasteiger partial charge in [0.05, 0.1) is 12.3 Å². The van der Waals surface area contributed by atoms with Crippen molar-refractivity contribution in [1.29, 1.82) is 5.26 Å². The van der Waals surface area contributed by atoms with Gasteiger partial charge in [0.25, 0.3) is 0 Å². The van der Waals surface area contributed by atoms with E-state index in [-0.39, 0.29) is 15.5 Å². The molecule has 0 amide bonds. The maximum absolute atomic E-state index is 11.7. The molecule has 100 valence electrons. The monoisotopic (exact) mass is 289 g/mol. The molecule has 1 aromatic rings. The lowest BCUT2D eigenvalue weighted by molar-refractivity contribution is 0.206. The fourth-order valence-corrected chi connectivity index (χ4v) is 3.96. The molecule has 0 radical (unpaired) electrons. The normalized spacial score (nSPS) is 11.2. The topological polar surface area (TPSA) is 96.4 Å². The first-order chi connectivity index (χ1) is 8.32. The van der Waals surface area contributed by atoms with Crippen LogP contribution in [0.25, 0.3) is 0 Å². The third kappa shape index (κ3) is 2.93. The Bertz CT molecular complexity index is 572. The first kappa shape index (κ1) is 14.8. The second kappa shape index (κ2) is 5.56. The SMILES string of the molecule is COCCN(C)c1sc(C#N)c(N)c1S(C)(=O)=O. The second-order valence-electron chi connectivity index (χ2n) is 3.78. The minimum atomic E-state index is -3.47. The summed E-state index contributed by atoms with van der Waals surface area (Å²) in [7, 11) is -0.171. The zero-order valence-corrected chi connectivity index (χ0v) is 12.1. The number of methoxy groups -OCH3 is 1. The summed E-state index contributed by atoms with van der Waals surface area (Å²) in [6.45, 7) is 0.975. The van der Waals surface area contributed by atoms with E-state index in [1.54, 1.807) is 19.1 Å². The van der Waals surface area contributed by atoms with Gasteiger partial charge in [-0.1, -0.05) is 0 Å². The molecule has 0 aliphatic heterocycles. The lowest BCUT2D eigenvalue weighted by atomic mass is 10.4. The molecule has 8 heteroatoms. The number of likely N-dealkylation sites (N-methyl/N-ethyl adjacent to an activating group) is 1. The molecule has 0 saturated carbocycles. The van der Waals surface area contributed by atoms with Gasteiger partial charge >= 0.3 is 0 Å². The van der Waals surface area contributed by atoms with E-state index in [2.05, 4.69) is 0 Å². The lowest BCUT2D eigenvalue weighted by Crippen LogP contribution is -2.22. The zero-order chi connectivity index (χ0) is 13.9. The summed E-state index contributed by atoms with van der Waals surface area (Å²) in [4.78, 5) is 1.97. The van der Waals surface area contributed by atoms with Crippen LogP contribution >= 0.6 is 11.3 Å². The Kier molecular flexibility index (Phi) is 4.56. The van der Waals surface area contributed by atoms with E-state index in [1.807, 2.05) is 6.07 Å². The number of sulfone groups is 1. The average Bonchev–Trinajstić information content (AvgIpc) is 2.62. The Balaban J connectivity index is 3.32. The van der Waals surface area contributed by atoms with Crippen LogP contribution in [0.15, 0.2) is 4.90 Å². The second-order valence-corrected chi connectivity index (χ2v) is 6.73. The van der Waals surface area contributed by atoms with Gasteiger partial charge in [-0.05, 0) is 0 Å². The highest BCUT2D eigenvalue weighted by Gasteiger charge is 2.25. The van der Waals surface area contributed by atoms with E-state index in [0.29, 0.717) is 18.2 Å². The molecular weight excluding hydrogens is 274 g/mol. The molecule has 0 saturated heterocycles. The molecule has 0 aliphatic rings. The Morgan fingerprint density at radius 1 is 1.56 bits per heavy atom. The minimum absolute atomic E-state index is 0.0302. The number of hydrogen-bond donors (Lipinski definition) is 1. The Morgan fingerprint density at radius 3 is 2.61 bits per heavy atom. The number of nitrogens with zero attached hydrogens (tertiary/aromatic N) is 2. The summed E-state index contributed by atoms with van der Waals surface area (Å²) < 4.78 is 28.4. The molecule has 1 aromatic heterocycles. The molecule has 0 unspecified atom stereocenters. The maximum atomic E-state index is 11.7. The summed E-state index contributed by atoms with van der Waals surface area (Å²) in [5, 5.41) is 9.40. The van der Waals surface area contributed by atoms with Crippen molar-refractivity contribution in [1.82, 2.24) is 0 Å². The fraction of sp³-hybridized carbons (Fsp3) is 0.500. The molecule has 6 nitrogen and oxygen atoms in total. The van der Waals surface area contributed by atoms with Crippen LogP contribution in [-0.2, 0) is 14.6 Å². The Morgan fingerprint density at radius 2 is 2.17 bits per heavy atom. The predicted octanol–water partition coefficient (Wildman–Crippen LogP) is 0.688. The van der Waals surface area contributed by atoms with Crippen LogP contribution in [0.2, 0.25) is 0 Å². The van der Waals surface area contributed by atoms with Crippen molar-refractivity contribution in [2.45, 2.75) is 4.90 Å². The average molecular weight is 289 g/mol. The van der Waals surface area contributed by atoms with Crippen LogP contribution in [0, 0.1) is 11.3 Å². The molecule has 0 spiro atoms. The van der Waals surface area contributed by atoms with Crippen molar-refractivity contribution in [2.75, 3.05) is 44.2 Å². The van der Waals surface area contributed by atoms with Crippen molar-refractivity contribution in [3.63, 3.8) is 0 Å². The van der Waals surface area contributed by atoms with Gasteiger partial charge in [-0.3, -0.25) is 0 Å². The van der Waals surface area contributed by atoms with Crippen LogP contribution in [-0.4, -0.2) is 42.0 Å². The Labute approximate surface area is 110 Å². The number of nitrogens with two attached hydrogens (primary N) is 1. The summed E-state index contributed by atoms with van der Waals surface area (Å²) in [5.41, 5.74) is 5.75. The lowest BCUT2D eigenvalue weighted by Gasteiger charge is -2.18. The van der Waals surface area contributed by atoms with Gasteiger partial charge in [-0.15, -0.1) is 11.3 Å².